The van der Waals surface area contributed by atoms with E-state index in [0.717, 1.165) is 37.1 Å². The van der Waals surface area contributed by atoms with Gasteiger partial charge in [0.25, 0.3) is 0 Å². The maximum Gasteiger partial charge on any atom is 0.224 e. The Morgan fingerprint density at radius 3 is 2.89 bits per heavy atom. The van der Waals surface area contributed by atoms with Gasteiger partial charge in [0, 0.05) is 12.4 Å². The highest BCUT2D eigenvalue weighted by molar-refractivity contribution is 6.17. The summed E-state index contributed by atoms with van der Waals surface area (Å²) in [6.07, 6.45) is 3.44. The van der Waals surface area contributed by atoms with Gasteiger partial charge in [-0.2, -0.15) is 0 Å². The van der Waals surface area contributed by atoms with Crippen LogP contribution in [-0.2, 0) is 11.2 Å². The molecule has 100 valence electrons. The van der Waals surface area contributed by atoms with Crippen LogP contribution < -0.4 is 10.1 Å². The SMILES string of the molecule is COc1cccc(CC(=O)NCCCCCCl)c1. The fourth-order valence-electron chi connectivity index (χ4n) is 1.65. The van der Waals surface area contributed by atoms with Gasteiger partial charge in [-0.3, -0.25) is 4.79 Å². The molecule has 18 heavy (non-hydrogen) atoms. The van der Waals surface area contributed by atoms with Gasteiger partial charge >= 0.3 is 0 Å². The highest BCUT2D eigenvalue weighted by Crippen LogP contribution is 2.12. The van der Waals surface area contributed by atoms with Crippen LogP contribution in [-0.4, -0.2) is 25.4 Å². The summed E-state index contributed by atoms with van der Waals surface area (Å²) in [5.41, 5.74) is 0.965. The average molecular weight is 270 g/mol. The van der Waals surface area contributed by atoms with Crippen molar-refractivity contribution in [3.8, 4) is 5.75 Å². The predicted molar refractivity (Wildman–Crippen MR) is 74.3 cm³/mol. The summed E-state index contributed by atoms with van der Waals surface area (Å²) in [6, 6.07) is 7.57. The molecule has 3 nitrogen and oxygen atoms in total. The molecule has 1 rings (SSSR count). The van der Waals surface area contributed by atoms with Gasteiger partial charge in [-0.25, -0.2) is 0 Å². The van der Waals surface area contributed by atoms with Crippen molar-refractivity contribution < 1.29 is 9.53 Å². The van der Waals surface area contributed by atoms with E-state index in [-0.39, 0.29) is 5.91 Å². The molecule has 0 unspecified atom stereocenters. The Bertz CT molecular complexity index is 369. The zero-order valence-electron chi connectivity index (χ0n) is 10.7. The number of halogens is 1. The van der Waals surface area contributed by atoms with Crippen LogP contribution >= 0.6 is 11.6 Å². The summed E-state index contributed by atoms with van der Waals surface area (Å²) in [6.45, 7) is 0.722. The molecule has 4 heteroatoms. The molecule has 1 N–H and O–H groups in total. The monoisotopic (exact) mass is 269 g/mol. The highest BCUT2D eigenvalue weighted by atomic mass is 35.5. The molecular formula is C14H20ClNO2. The molecule has 0 saturated carbocycles. The first-order valence-corrected chi connectivity index (χ1v) is 6.75. The van der Waals surface area contributed by atoms with E-state index in [2.05, 4.69) is 5.32 Å². The molecule has 0 aromatic heterocycles. The lowest BCUT2D eigenvalue weighted by atomic mass is 10.1. The van der Waals surface area contributed by atoms with Crippen molar-refractivity contribution in [1.82, 2.24) is 5.32 Å². The number of hydrogen-bond donors (Lipinski definition) is 1. The standard InChI is InChI=1S/C14H20ClNO2/c1-18-13-7-5-6-12(10-13)11-14(17)16-9-4-2-3-8-15/h5-7,10H,2-4,8-9,11H2,1H3,(H,16,17). The minimum Gasteiger partial charge on any atom is -0.497 e. The van der Waals surface area contributed by atoms with Crippen LogP contribution in [0.5, 0.6) is 5.75 Å². The number of amides is 1. The van der Waals surface area contributed by atoms with E-state index in [1.165, 1.54) is 0 Å². The van der Waals surface area contributed by atoms with E-state index in [4.69, 9.17) is 16.3 Å². The van der Waals surface area contributed by atoms with Crippen molar-refractivity contribution >= 4 is 17.5 Å². The molecule has 0 aliphatic rings. The van der Waals surface area contributed by atoms with Gasteiger partial charge in [0.05, 0.1) is 13.5 Å². The number of benzene rings is 1. The number of hydrogen-bond acceptors (Lipinski definition) is 2. The number of rotatable bonds is 8. The van der Waals surface area contributed by atoms with Crippen LogP contribution in [0, 0.1) is 0 Å². The van der Waals surface area contributed by atoms with E-state index < -0.39 is 0 Å². The van der Waals surface area contributed by atoms with Gasteiger partial charge < -0.3 is 10.1 Å². The Balaban J connectivity index is 2.26. The van der Waals surface area contributed by atoms with Crippen LogP contribution in [0.15, 0.2) is 24.3 Å². The molecule has 0 saturated heterocycles. The topological polar surface area (TPSA) is 38.3 Å². The van der Waals surface area contributed by atoms with Crippen molar-refractivity contribution in [2.24, 2.45) is 0 Å². The zero-order valence-corrected chi connectivity index (χ0v) is 11.5. The number of alkyl halides is 1. The molecule has 1 aromatic rings. The Morgan fingerprint density at radius 1 is 1.33 bits per heavy atom. The van der Waals surface area contributed by atoms with Crippen LogP contribution in [0.2, 0.25) is 0 Å². The smallest absolute Gasteiger partial charge is 0.224 e. The molecule has 0 heterocycles. The Morgan fingerprint density at radius 2 is 2.17 bits per heavy atom. The van der Waals surface area contributed by atoms with Gasteiger partial charge in [0.1, 0.15) is 5.75 Å². The Labute approximate surface area is 113 Å². The number of carbonyl (C=O) groups excluding carboxylic acids is 1. The Hall–Kier alpha value is -1.22. The van der Waals surface area contributed by atoms with E-state index in [0.29, 0.717) is 12.3 Å². The van der Waals surface area contributed by atoms with Crippen LogP contribution in [0.4, 0.5) is 0 Å². The van der Waals surface area contributed by atoms with Gasteiger partial charge in [0.2, 0.25) is 5.91 Å². The van der Waals surface area contributed by atoms with Crippen molar-refractivity contribution in [3.63, 3.8) is 0 Å². The quantitative estimate of drug-likeness (QED) is 0.582. The maximum absolute atomic E-state index is 11.7. The first-order chi connectivity index (χ1) is 8.76. The van der Waals surface area contributed by atoms with Crippen LogP contribution in [0.1, 0.15) is 24.8 Å². The third kappa shape index (κ3) is 5.92. The zero-order chi connectivity index (χ0) is 13.2. The number of ether oxygens (including phenoxy) is 1. The first kappa shape index (κ1) is 14.8. The molecule has 1 amide bonds. The van der Waals surface area contributed by atoms with Crippen molar-refractivity contribution in [2.45, 2.75) is 25.7 Å². The lowest BCUT2D eigenvalue weighted by Crippen LogP contribution is -2.26. The van der Waals surface area contributed by atoms with Gasteiger partial charge in [-0.1, -0.05) is 18.6 Å². The van der Waals surface area contributed by atoms with E-state index in [1.807, 2.05) is 24.3 Å². The average Bonchev–Trinajstić information content (AvgIpc) is 2.38. The largest absolute Gasteiger partial charge is 0.497 e. The number of nitrogens with one attached hydrogen (secondary N) is 1. The predicted octanol–water partition coefficient (Wildman–Crippen LogP) is 2.76. The minimum absolute atomic E-state index is 0.0501. The van der Waals surface area contributed by atoms with Gasteiger partial charge in [-0.05, 0) is 30.5 Å². The first-order valence-electron chi connectivity index (χ1n) is 6.22. The second-order valence-corrected chi connectivity index (χ2v) is 4.51. The molecule has 0 atom stereocenters. The summed E-state index contributed by atoms with van der Waals surface area (Å²) in [4.78, 5) is 11.7. The van der Waals surface area contributed by atoms with Crippen LogP contribution in [0.25, 0.3) is 0 Å². The van der Waals surface area contributed by atoms with Crippen molar-refractivity contribution in [3.05, 3.63) is 29.8 Å². The number of carbonyl (C=O) groups is 1. The third-order valence-corrected chi connectivity index (χ3v) is 2.90. The van der Waals surface area contributed by atoms with Gasteiger partial charge in [-0.15, -0.1) is 11.6 Å². The maximum atomic E-state index is 11.7. The van der Waals surface area contributed by atoms with E-state index >= 15 is 0 Å². The number of methoxy groups -OCH3 is 1. The van der Waals surface area contributed by atoms with Crippen LogP contribution in [0.3, 0.4) is 0 Å². The minimum atomic E-state index is 0.0501. The van der Waals surface area contributed by atoms with E-state index in [1.54, 1.807) is 7.11 Å². The van der Waals surface area contributed by atoms with Crippen molar-refractivity contribution in [2.75, 3.05) is 19.5 Å². The molecule has 0 aliphatic carbocycles. The normalized spacial score (nSPS) is 10.1. The second-order valence-electron chi connectivity index (χ2n) is 4.13. The molecule has 1 aromatic carbocycles. The van der Waals surface area contributed by atoms with Crippen molar-refractivity contribution in [1.29, 1.82) is 0 Å². The van der Waals surface area contributed by atoms with Gasteiger partial charge in [0.15, 0.2) is 0 Å². The van der Waals surface area contributed by atoms with E-state index in [9.17, 15) is 4.79 Å². The second kappa shape index (κ2) is 8.81. The lowest BCUT2D eigenvalue weighted by Gasteiger charge is -2.06. The molecule has 0 radical (unpaired) electrons. The fourth-order valence-corrected chi connectivity index (χ4v) is 1.84. The highest BCUT2D eigenvalue weighted by Gasteiger charge is 2.03. The Kier molecular flexibility index (Phi) is 7.26. The molecule has 0 fully saturated rings. The summed E-state index contributed by atoms with van der Waals surface area (Å²) in [5, 5.41) is 2.90. The molecule has 0 aliphatic heterocycles. The molecular weight excluding hydrogens is 250 g/mol. The third-order valence-electron chi connectivity index (χ3n) is 2.63. The fraction of sp³-hybridized carbons (Fsp3) is 0.500. The summed E-state index contributed by atoms with van der Waals surface area (Å²) in [7, 11) is 1.62. The molecule has 0 spiro atoms. The summed E-state index contributed by atoms with van der Waals surface area (Å²) < 4.78 is 5.12. The molecule has 0 bridgehead atoms. The summed E-state index contributed by atoms with van der Waals surface area (Å²) in [5.74, 6) is 1.52. The summed E-state index contributed by atoms with van der Waals surface area (Å²) >= 11 is 5.58. The number of unbranched alkanes of at least 4 members (excludes halogenated alkanes) is 2. The lowest BCUT2D eigenvalue weighted by molar-refractivity contribution is -0.120.